The van der Waals surface area contributed by atoms with Crippen LogP contribution in [0, 0.1) is 0 Å². The number of fused-ring (bicyclic) bond motifs is 1. The topological polar surface area (TPSA) is 70.8 Å². The predicted molar refractivity (Wildman–Crippen MR) is 70.5 cm³/mol. The highest BCUT2D eigenvalue weighted by molar-refractivity contribution is 5.82. The van der Waals surface area contributed by atoms with Crippen LogP contribution in [0.15, 0.2) is 12.1 Å². The first-order valence-corrected chi connectivity index (χ1v) is 6.15. The Morgan fingerprint density at radius 1 is 1.16 bits per heavy atom. The number of carbonyl (C=O) groups is 1. The molecule has 2 rings (SSSR count). The summed E-state index contributed by atoms with van der Waals surface area (Å²) in [6.45, 7) is 0. The van der Waals surface area contributed by atoms with Gasteiger partial charge in [0.2, 0.25) is 0 Å². The van der Waals surface area contributed by atoms with Crippen LogP contribution in [0.2, 0.25) is 0 Å². The highest BCUT2D eigenvalue weighted by Gasteiger charge is 2.40. The third-order valence-corrected chi connectivity index (χ3v) is 3.69. The first kappa shape index (κ1) is 13.7. The minimum absolute atomic E-state index is 0.386. The van der Waals surface area contributed by atoms with Crippen LogP contribution < -0.4 is 15.2 Å². The molecule has 104 valence electrons. The molecule has 0 aromatic heterocycles. The molecule has 0 spiro atoms. The Bertz CT molecular complexity index is 500. The molecule has 0 aliphatic heterocycles. The van der Waals surface area contributed by atoms with Gasteiger partial charge in [-0.05, 0) is 25.0 Å². The molecule has 0 saturated heterocycles. The summed E-state index contributed by atoms with van der Waals surface area (Å²) in [6.07, 6.45) is 1.60. The molecule has 0 radical (unpaired) electrons. The van der Waals surface area contributed by atoms with Crippen LogP contribution in [-0.2, 0) is 22.4 Å². The molecule has 0 bridgehead atoms. The molecule has 0 heterocycles. The summed E-state index contributed by atoms with van der Waals surface area (Å²) >= 11 is 0. The Morgan fingerprint density at radius 2 is 1.74 bits per heavy atom. The van der Waals surface area contributed by atoms with Crippen molar-refractivity contribution in [3.63, 3.8) is 0 Å². The number of hydrogen-bond acceptors (Lipinski definition) is 5. The van der Waals surface area contributed by atoms with E-state index in [4.69, 9.17) is 19.9 Å². The lowest BCUT2D eigenvalue weighted by atomic mass is 9.78. The average Bonchev–Trinajstić information content (AvgIpc) is 2.44. The van der Waals surface area contributed by atoms with Crippen LogP contribution in [-0.4, -0.2) is 32.8 Å². The molecule has 1 aromatic rings. The maximum absolute atomic E-state index is 11.8. The summed E-state index contributed by atoms with van der Waals surface area (Å²) in [5, 5.41) is 0. The molecule has 19 heavy (non-hydrogen) atoms. The van der Waals surface area contributed by atoms with E-state index < -0.39 is 5.54 Å². The van der Waals surface area contributed by atoms with Gasteiger partial charge in [-0.3, -0.25) is 4.79 Å². The summed E-state index contributed by atoms with van der Waals surface area (Å²) in [4.78, 5) is 11.8. The number of carbonyl (C=O) groups excluding carboxylic acids is 1. The number of hydrogen-bond donors (Lipinski definition) is 1. The van der Waals surface area contributed by atoms with E-state index in [1.54, 1.807) is 14.2 Å². The van der Waals surface area contributed by atoms with Crippen LogP contribution in [0.1, 0.15) is 17.5 Å². The predicted octanol–water partition coefficient (Wildman–Crippen LogP) is 1.06. The lowest BCUT2D eigenvalue weighted by Crippen LogP contribution is -2.52. The van der Waals surface area contributed by atoms with Gasteiger partial charge >= 0.3 is 5.97 Å². The molecule has 5 heteroatoms. The van der Waals surface area contributed by atoms with E-state index in [0.717, 1.165) is 22.6 Å². The van der Waals surface area contributed by atoms with Crippen molar-refractivity contribution in [2.24, 2.45) is 5.73 Å². The van der Waals surface area contributed by atoms with E-state index in [1.807, 2.05) is 12.1 Å². The first-order valence-electron chi connectivity index (χ1n) is 6.15. The second-order valence-corrected chi connectivity index (χ2v) is 4.75. The molecule has 1 aromatic carbocycles. The van der Waals surface area contributed by atoms with E-state index >= 15 is 0 Å². The van der Waals surface area contributed by atoms with Crippen molar-refractivity contribution in [1.82, 2.24) is 0 Å². The van der Waals surface area contributed by atoms with Gasteiger partial charge in [0.1, 0.15) is 17.0 Å². The third-order valence-electron chi connectivity index (χ3n) is 3.69. The number of esters is 1. The number of methoxy groups -OCH3 is 3. The van der Waals surface area contributed by atoms with Crippen molar-refractivity contribution in [2.45, 2.75) is 24.8 Å². The van der Waals surface area contributed by atoms with Crippen molar-refractivity contribution < 1.29 is 19.0 Å². The van der Waals surface area contributed by atoms with E-state index in [9.17, 15) is 4.79 Å². The lowest BCUT2D eigenvalue weighted by Gasteiger charge is -2.33. The number of nitrogens with two attached hydrogens (primary N) is 1. The van der Waals surface area contributed by atoms with Gasteiger partial charge in [-0.1, -0.05) is 0 Å². The van der Waals surface area contributed by atoms with Gasteiger partial charge in [0, 0.05) is 17.5 Å². The van der Waals surface area contributed by atoms with Gasteiger partial charge < -0.3 is 19.9 Å². The molecule has 0 unspecified atom stereocenters. The SMILES string of the molecule is COC(=O)[C@]1(N)CCc2c(OC)ccc(OC)c2C1. The molecule has 0 saturated carbocycles. The molecular weight excluding hydrogens is 246 g/mol. The molecule has 5 nitrogen and oxygen atoms in total. The fourth-order valence-corrected chi connectivity index (χ4v) is 2.63. The van der Waals surface area contributed by atoms with Crippen LogP contribution in [0.25, 0.3) is 0 Å². The van der Waals surface area contributed by atoms with Gasteiger partial charge in [-0.15, -0.1) is 0 Å². The van der Waals surface area contributed by atoms with Crippen molar-refractivity contribution in [2.75, 3.05) is 21.3 Å². The maximum Gasteiger partial charge on any atom is 0.326 e. The molecule has 1 atom stereocenters. The smallest absolute Gasteiger partial charge is 0.326 e. The third kappa shape index (κ3) is 2.26. The summed E-state index contributed by atoms with van der Waals surface area (Å²) in [5.74, 6) is 1.15. The Labute approximate surface area is 112 Å². The fourth-order valence-electron chi connectivity index (χ4n) is 2.63. The summed E-state index contributed by atoms with van der Waals surface area (Å²) < 4.78 is 15.5. The molecule has 0 fully saturated rings. The van der Waals surface area contributed by atoms with Gasteiger partial charge in [0.25, 0.3) is 0 Å². The zero-order chi connectivity index (χ0) is 14.0. The van der Waals surface area contributed by atoms with Crippen molar-refractivity contribution >= 4 is 5.97 Å². The van der Waals surface area contributed by atoms with Crippen LogP contribution in [0.3, 0.4) is 0 Å². The Morgan fingerprint density at radius 3 is 2.26 bits per heavy atom. The number of ether oxygens (including phenoxy) is 3. The minimum Gasteiger partial charge on any atom is -0.496 e. The summed E-state index contributed by atoms with van der Waals surface area (Å²) in [7, 11) is 4.59. The monoisotopic (exact) mass is 265 g/mol. The summed E-state index contributed by atoms with van der Waals surface area (Å²) in [6, 6.07) is 3.71. The van der Waals surface area contributed by atoms with Gasteiger partial charge in [0.05, 0.1) is 21.3 Å². The summed E-state index contributed by atoms with van der Waals surface area (Å²) in [5.41, 5.74) is 7.18. The van der Waals surface area contributed by atoms with Crippen molar-refractivity contribution in [3.8, 4) is 11.5 Å². The minimum atomic E-state index is -0.985. The standard InChI is InChI=1S/C14H19NO4/c1-17-11-4-5-12(18-2)10-8-14(15,13(16)19-3)7-6-9(10)11/h4-5H,6-8,15H2,1-3H3/t14-/m0/s1. The van der Waals surface area contributed by atoms with E-state index in [-0.39, 0.29) is 5.97 Å². The largest absolute Gasteiger partial charge is 0.496 e. The first-order chi connectivity index (χ1) is 9.05. The quantitative estimate of drug-likeness (QED) is 0.828. The number of rotatable bonds is 3. The van der Waals surface area contributed by atoms with Crippen LogP contribution >= 0.6 is 0 Å². The second kappa shape index (κ2) is 5.09. The van der Waals surface area contributed by atoms with Gasteiger partial charge in [-0.25, -0.2) is 0 Å². The van der Waals surface area contributed by atoms with Crippen LogP contribution in [0.5, 0.6) is 11.5 Å². The highest BCUT2D eigenvalue weighted by Crippen LogP contribution is 2.38. The van der Waals surface area contributed by atoms with E-state index in [1.165, 1.54) is 7.11 Å². The van der Waals surface area contributed by atoms with Crippen molar-refractivity contribution in [1.29, 1.82) is 0 Å². The lowest BCUT2D eigenvalue weighted by molar-refractivity contribution is -0.147. The van der Waals surface area contributed by atoms with E-state index in [0.29, 0.717) is 19.3 Å². The average molecular weight is 265 g/mol. The molecule has 2 N–H and O–H groups in total. The Balaban J connectivity index is 2.46. The molecule has 1 aliphatic rings. The van der Waals surface area contributed by atoms with E-state index in [2.05, 4.69) is 0 Å². The van der Waals surface area contributed by atoms with Crippen molar-refractivity contribution in [3.05, 3.63) is 23.3 Å². The molecule has 0 amide bonds. The Hall–Kier alpha value is -1.75. The Kier molecular flexibility index (Phi) is 3.66. The normalized spacial score (nSPS) is 21.5. The molecular formula is C14H19NO4. The maximum atomic E-state index is 11.8. The zero-order valence-corrected chi connectivity index (χ0v) is 11.5. The molecule has 1 aliphatic carbocycles. The van der Waals surface area contributed by atoms with Gasteiger partial charge in [0.15, 0.2) is 0 Å². The van der Waals surface area contributed by atoms with Gasteiger partial charge in [-0.2, -0.15) is 0 Å². The fraction of sp³-hybridized carbons (Fsp3) is 0.500. The second-order valence-electron chi connectivity index (χ2n) is 4.75. The highest BCUT2D eigenvalue weighted by atomic mass is 16.5. The number of benzene rings is 1. The zero-order valence-electron chi connectivity index (χ0n) is 11.5. The van der Waals surface area contributed by atoms with Crippen LogP contribution in [0.4, 0.5) is 0 Å².